The van der Waals surface area contributed by atoms with Crippen LogP contribution in [0.3, 0.4) is 0 Å². The summed E-state index contributed by atoms with van der Waals surface area (Å²) in [5.41, 5.74) is 0. The Bertz CT molecular complexity index is 708. The van der Waals surface area contributed by atoms with Crippen LogP contribution in [0.2, 0.25) is 0 Å². The minimum Gasteiger partial charge on any atom is -0.481 e. The number of allylic oxidation sites excluding steroid dienone is 6. The second-order valence-electron chi connectivity index (χ2n) is 12.7. The normalized spacial score (nSPS) is 12.6. The largest absolute Gasteiger partial charge is 0.481 e. The molecule has 1 unspecified atom stereocenters. The van der Waals surface area contributed by atoms with Crippen molar-refractivity contribution < 1.29 is 19.4 Å². The number of carbonyl (C=O) groups is 2. The molecule has 0 amide bonds. The number of carbonyl (C=O) groups excluding carboxylic acids is 1. The molecule has 0 aliphatic rings. The topological polar surface area (TPSA) is 63.6 Å². The van der Waals surface area contributed by atoms with Crippen molar-refractivity contribution in [1.82, 2.24) is 0 Å². The number of ether oxygens (including phenoxy) is 1. The lowest BCUT2D eigenvalue weighted by Crippen LogP contribution is -2.17. The maximum Gasteiger partial charge on any atom is 0.306 e. The summed E-state index contributed by atoms with van der Waals surface area (Å²) >= 11 is 0. The first-order chi connectivity index (χ1) is 21.6. The first-order valence-corrected chi connectivity index (χ1v) is 19.0. The lowest BCUT2D eigenvalue weighted by molar-refractivity contribution is -0.149. The Morgan fingerprint density at radius 3 is 1.41 bits per heavy atom. The summed E-state index contributed by atoms with van der Waals surface area (Å²) in [4.78, 5) is 22.8. The van der Waals surface area contributed by atoms with Gasteiger partial charge in [0.25, 0.3) is 0 Å². The van der Waals surface area contributed by atoms with Crippen molar-refractivity contribution in [3.63, 3.8) is 0 Å². The first-order valence-electron chi connectivity index (χ1n) is 19.0. The molecule has 0 fully saturated rings. The van der Waals surface area contributed by atoms with Crippen molar-refractivity contribution >= 4 is 11.9 Å². The van der Waals surface area contributed by atoms with E-state index in [0.717, 1.165) is 64.2 Å². The Hall–Kier alpha value is -1.84. The van der Waals surface area contributed by atoms with E-state index in [1.54, 1.807) is 0 Å². The van der Waals surface area contributed by atoms with Gasteiger partial charge in [0.2, 0.25) is 0 Å². The van der Waals surface area contributed by atoms with Crippen LogP contribution in [0.1, 0.15) is 200 Å². The molecule has 0 saturated heterocycles. The molecule has 0 saturated carbocycles. The number of rotatable bonds is 34. The third-order valence-electron chi connectivity index (χ3n) is 8.45. The monoisotopic (exact) mass is 617 g/mol. The zero-order chi connectivity index (χ0) is 32.2. The van der Waals surface area contributed by atoms with E-state index in [1.165, 1.54) is 109 Å². The number of hydrogen-bond acceptors (Lipinski definition) is 3. The van der Waals surface area contributed by atoms with Crippen molar-refractivity contribution in [2.45, 2.75) is 206 Å². The molecule has 0 spiro atoms. The number of unbranched alkanes of at least 4 members (excludes halogenated alkanes) is 20. The molecule has 256 valence electrons. The SMILES string of the molecule is CC/C=C\C/C=C\C/C=C\CCCCCCCC(=O)OC(CC)CCCCCCCCCCCCCCCCCCC(=O)O. The predicted octanol–water partition coefficient (Wildman–Crippen LogP) is 13.0. The third kappa shape index (κ3) is 34.6. The van der Waals surface area contributed by atoms with Gasteiger partial charge in [-0.1, -0.05) is 159 Å². The molecule has 0 rings (SSSR count). The van der Waals surface area contributed by atoms with Crippen molar-refractivity contribution in [1.29, 1.82) is 0 Å². The van der Waals surface area contributed by atoms with Gasteiger partial charge in [0.15, 0.2) is 0 Å². The third-order valence-corrected chi connectivity index (χ3v) is 8.45. The van der Waals surface area contributed by atoms with Crippen LogP contribution in [0.25, 0.3) is 0 Å². The van der Waals surface area contributed by atoms with Gasteiger partial charge in [0.05, 0.1) is 0 Å². The van der Waals surface area contributed by atoms with Crippen molar-refractivity contribution in [3.05, 3.63) is 36.5 Å². The van der Waals surface area contributed by atoms with Gasteiger partial charge in [0.1, 0.15) is 6.10 Å². The van der Waals surface area contributed by atoms with Crippen LogP contribution in [0.5, 0.6) is 0 Å². The number of hydrogen-bond donors (Lipinski definition) is 1. The Balaban J connectivity index is 3.45. The van der Waals surface area contributed by atoms with Crippen LogP contribution in [0.15, 0.2) is 36.5 Å². The molecule has 0 aromatic carbocycles. The molecule has 0 radical (unpaired) electrons. The van der Waals surface area contributed by atoms with Crippen molar-refractivity contribution in [2.24, 2.45) is 0 Å². The van der Waals surface area contributed by atoms with Crippen LogP contribution in [-0.4, -0.2) is 23.1 Å². The number of esters is 1. The van der Waals surface area contributed by atoms with E-state index in [1.807, 2.05) is 0 Å². The van der Waals surface area contributed by atoms with E-state index in [0.29, 0.717) is 12.8 Å². The second-order valence-corrected chi connectivity index (χ2v) is 12.7. The molecule has 44 heavy (non-hydrogen) atoms. The summed E-state index contributed by atoms with van der Waals surface area (Å²) in [6.07, 6.45) is 46.8. The highest BCUT2D eigenvalue weighted by molar-refractivity contribution is 5.69. The quantitative estimate of drug-likeness (QED) is 0.0444. The number of aliphatic carboxylic acids is 1. The fraction of sp³-hybridized carbons (Fsp3) is 0.800. The van der Waals surface area contributed by atoms with Crippen molar-refractivity contribution in [2.75, 3.05) is 0 Å². The smallest absolute Gasteiger partial charge is 0.306 e. The Morgan fingerprint density at radius 1 is 0.523 bits per heavy atom. The zero-order valence-electron chi connectivity index (χ0n) is 29.2. The van der Waals surface area contributed by atoms with Gasteiger partial charge in [-0.2, -0.15) is 0 Å². The van der Waals surface area contributed by atoms with Crippen LogP contribution >= 0.6 is 0 Å². The maximum absolute atomic E-state index is 12.3. The van der Waals surface area contributed by atoms with E-state index < -0.39 is 5.97 Å². The lowest BCUT2D eigenvalue weighted by atomic mass is 10.0. The standard InChI is InChI=1S/C40H72O4/c1-3-5-6-7-8-9-10-11-14-19-22-25-28-31-34-37-40(43)44-38(4-2)35-32-29-26-23-20-17-15-12-13-16-18-21-24-27-30-33-36-39(41)42/h5-6,8-9,11,14,38H,3-4,7,10,12-13,15-37H2,1-2H3,(H,41,42)/b6-5-,9-8-,14-11-. The molecule has 1 atom stereocenters. The van der Waals surface area contributed by atoms with Gasteiger partial charge in [-0.3, -0.25) is 9.59 Å². The minimum absolute atomic E-state index is 0.00556. The minimum atomic E-state index is -0.665. The maximum atomic E-state index is 12.3. The molecule has 4 heteroatoms. The van der Waals surface area contributed by atoms with Gasteiger partial charge >= 0.3 is 11.9 Å². The van der Waals surface area contributed by atoms with Crippen LogP contribution in [0.4, 0.5) is 0 Å². The van der Waals surface area contributed by atoms with E-state index in [4.69, 9.17) is 9.84 Å². The van der Waals surface area contributed by atoms with E-state index in [-0.39, 0.29) is 12.1 Å². The van der Waals surface area contributed by atoms with E-state index in [9.17, 15) is 9.59 Å². The number of carboxylic acid groups (broad SMARTS) is 1. The molecular formula is C40H72O4. The Morgan fingerprint density at radius 2 is 0.932 bits per heavy atom. The highest BCUT2D eigenvalue weighted by atomic mass is 16.5. The molecule has 0 aliphatic heterocycles. The summed E-state index contributed by atoms with van der Waals surface area (Å²) in [6, 6.07) is 0. The van der Waals surface area contributed by atoms with E-state index in [2.05, 4.69) is 50.3 Å². The van der Waals surface area contributed by atoms with E-state index >= 15 is 0 Å². The molecular weight excluding hydrogens is 544 g/mol. The Kier molecular flexibility index (Phi) is 34.1. The Labute approximate surface area is 273 Å². The predicted molar refractivity (Wildman–Crippen MR) is 190 cm³/mol. The fourth-order valence-electron chi connectivity index (χ4n) is 5.60. The molecule has 0 aromatic rings. The molecule has 0 aliphatic carbocycles. The van der Waals surface area contributed by atoms with Crippen LogP contribution in [0, 0.1) is 0 Å². The summed E-state index contributed by atoms with van der Waals surface area (Å²) < 4.78 is 5.78. The summed E-state index contributed by atoms with van der Waals surface area (Å²) in [5, 5.41) is 8.65. The summed E-state index contributed by atoms with van der Waals surface area (Å²) in [5.74, 6) is -0.659. The lowest BCUT2D eigenvalue weighted by Gasteiger charge is -2.16. The highest BCUT2D eigenvalue weighted by Gasteiger charge is 2.12. The summed E-state index contributed by atoms with van der Waals surface area (Å²) in [6.45, 7) is 4.30. The average Bonchev–Trinajstić information content (AvgIpc) is 3.01. The fourth-order valence-corrected chi connectivity index (χ4v) is 5.60. The number of carboxylic acids is 1. The van der Waals surface area contributed by atoms with Gasteiger partial charge in [-0.05, 0) is 64.2 Å². The highest BCUT2D eigenvalue weighted by Crippen LogP contribution is 2.17. The van der Waals surface area contributed by atoms with Crippen LogP contribution < -0.4 is 0 Å². The van der Waals surface area contributed by atoms with Crippen LogP contribution in [-0.2, 0) is 14.3 Å². The molecule has 1 N–H and O–H groups in total. The molecule has 0 heterocycles. The molecule has 0 bridgehead atoms. The van der Waals surface area contributed by atoms with Gasteiger partial charge in [-0.25, -0.2) is 0 Å². The summed E-state index contributed by atoms with van der Waals surface area (Å²) in [7, 11) is 0. The van der Waals surface area contributed by atoms with Gasteiger partial charge in [-0.15, -0.1) is 0 Å². The van der Waals surface area contributed by atoms with Gasteiger partial charge < -0.3 is 9.84 Å². The molecule has 0 aromatic heterocycles. The first kappa shape index (κ1) is 42.2. The zero-order valence-corrected chi connectivity index (χ0v) is 29.2. The second kappa shape index (κ2) is 35.6. The van der Waals surface area contributed by atoms with Crippen molar-refractivity contribution in [3.8, 4) is 0 Å². The van der Waals surface area contributed by atoms with Gasteiger partial charge in [0, 0.05) is 12.8 Å². The average molecular weight is 617 g/mol. The molecule has 4 nitrogen and oxygen atoms in total.